The molecule has 0 saturated heterocycles. The molecule has 2 heterocycles. The molecule has 1 aromatic carbocycles. The molecular weight excluding hydrogens is 316 g/mol. The Bertz CT molecular complexity index is 932. The van der Waals surface area contributed by atoms with E-state index < -0.39 is 0 Å². The van der Waals surface area contributed by atoms with E-state index in [1.165, 1.54) is 7.11 Å². The Balaban J connectivity index is 1.86. The van der Waals surface area contributed by atoms with Crippen LogP contribution in [-0.2, 0) is 16.1 Å². The third-order valence-corrected chi connectivity index (χ3v) is 4.29. The van der Waals surface area contributed by atoms with E-state index in [1.54, 1.807) is 6.33 Å². The number of hydrogen-bond acceptors (Lipinski definition) is 4. The monoisotopic (exact) mass is 336 g/mol. The highest BCUT2D eigenvalue weighted by molar-refractivity contribution is 5.81. The van der Waals surface area contributed by atoms with Gasteiger partial charge in [0.2, 0.25) is 0 Å². The first kappa shape index (κ1) is 16.8. The van der Waals surface area contributed by atoms with Crippen molar-refractivity contribution >= 4 is 16.9 Å². The van der Waals surface area contributed by atoms with Gasteiger partial charge >= 0.3 is 5.97 Å². The van der Waals surface area contributed by atoms with Crippen molar-refractivity contribution in [3.05, 3.63) is 54.2 Å². The molecule has 0 N–H and O–H groups in total. The third kappa shape index (κ3) is 3.41. The zero-order chi connectivity index (χ0) is 17.8. The van der Waals surface area contributed by atoms with Gasteiger partial charge in [0.15, 0.2) is 0 Å². The van der Waals surface area contributed by atoms with Crippen molar-refractivity contribution in [3.63, 3.8) is 0 Å². The maximum atomic E-state index is 12.0. The van der Waals surface area contributed by atoms with Gasteiger partial charge in [-0.25, -0.2) is 9.78 Å². The van der Waals surface area contributed by atoms with Gasteiger partial charge in [-0.2, -0.15) is 5.26 Å². The van der Waals surface area contributed by atoms with Gasteiger partial charge in [0, 0.05) is 17.9 Å². The Morgan fingerprint density at radius 1 is 1.40 bits per heavy atom. The summed E-state index contributed by atoms with van der Waals surface area (Å²) in [6, 6.07) is 9.47. The number of aromatic nitrogens is 3. The topological polar surface area (TPSA) is 72.8 Å². The average molecular weight is 336 g/mol. The molecule has 2 aromatic heterocycles. The summed E-state index contributed by atoms with van der Waals surface area (Å²) < 4.78 is 8.76. The molecular formula is C19H20N4O2. The Morgan fingerprint density at radius 3 is 2.96 bits per heavy atom. The largest absolute Gasteiger partial charge is 0.467 e. The lowest BCUT2D eigenvalue weighted by molar-refractivity contribution is -0.144. The first-order valence-electron chi connectivity index (χ1n) is 8.25. The fourth-order valence-corrected chi connectivity index (χ4v) is 3.00. The molecule has 0 fully saturated rings. The summed E-state index contributed by atoms with van der Waals surface area (Å²) in [5, 5.41) is 10.2. The highest BCUT2D eigenvalue weighted by atomic mass is 16.5. The van der Waals surface area contributed by atoms with Crippen LogP contribution in [-0.4, -0.2) is 27.2 Å². The van der Waals surface area contributed by atoms with Gasteiger partial charge in [0.05, 0.1) is 37.3 Å². The van der Waals surface area contributed by atoms with Crippen molar-refractivity contribution in [1.29, 1.82) is 5.26 Å². The second kappa shape index (κ2) is 7.22. The van der Waals surface area contributed by atoms with Crippen molar-refractivity contribution in [3.8, 4) is 6.07 Å². The summed E-state index contributed by atoms with van der Waals surface area (Å²) >= 11 is 0. The van der Waals surface area contributed by atoms with Crippen LogP contribution in [0.3, 0.4) is 0 Å². The molecule has 0 aliphatic rings. The van der Waals surface area contributed by atoms with E-state index in [1.807, 2.05) is 48.1 Å². The molecule has 0 radical (unpaired) electrons. The molecule has 0 amide bonds. The molecule has 0 spiro atoms. The lowest BCUT2D eigenvalue weighted by Crippen LogP contribution is -2.19. The van der Waals surface area contributed by atoms with Crippen LogP contribution in [0.1, 0.15) is 37.1 Å². The number of rotatable bonds is 6. The number of benzene rings is 1. The number of carbonyl (C=O) groups excluding carboxylic acids is 1. The number of methoxy groups -OCH3 is 1. The Labute approximate surface area is 146 Å². The Kier molecular flexibility index (Phi) is 4.85. The van der Waals surface area contributed by atoms with E-state index in [0.717, 1.165) is 23.0 Å². The van der Waals surface area contributed by atoms with Crippen LogP contribution in [0.2, 0.25) is 0 Å². The van der Waals surface area contributed by atoms with Gasteiger partial charge in [-0.1, -0.05) is 19.4 Å². The van der Waals surface area contributed by atoms with Gasteiger partial charge in [0.25, 0.3) is 0 Å². The first-order valence-corrected chi connectivity index (χ1v) is 8.25. The minimum atomic E-state index is -0.345. The van der Waals surface area contributed by atoms with Crippen molar-refractivity contribution in [1.82, 2.24) is 14.1 Å². The molecule has 6 nitrogen and oxygen atoms in total. The number of nitrogens with zero attached hydrogens (tertiary/aromatic N) is 4. The highest BCUT2D eigenvalue weighted by Gasteiger charge is 2.20. The zero-order valence-corrected chi connectivity index (χ0v) is 14.3. The summed E-state index contributed by atoms with van der Waals surface area (Å²) in [6.45, 7) is 2.61. The van der Waals surface area contributed by atoms with Gasteiger partial charge in [-0.3, -0.25) is 0 Å². The highest BCUT2D eigenvalue weighted by Crippen LogP contribution is 2.20. The minimum Gasteiger partial charge on any atom is -0.467 e. The SMILES string of the molecule is CCCC(C(=O)OC)n1cnc(Cn2ccc3ccc(C#N)cc32)c1. The third-order valence-electron chi connectivity index (χ3n) is 4.29. The average Bonchev–Trinajstić information content (AvgIpc) is 3.26. The second-order valence-electron chi connectivity index (χ2n) is 5.97. The van der Waals surface area contributed by atoms with E-state index in [2.05, 4.69) is 15.6 Å². The lowest BCUT2D eigenvalue weighted by atomic mass is 10.1. The van der Waals surface area contributed by atoms with E-state index in [0.29, 0.717) is 18.5 Å². The molecule has 3 rings (SSSR count). The molecule has 1 unspecified atom stereocenters. The fourth-order valence-electron chi connectivity index (χ4n) is 3.00. The fraction of sp³-hybridized carbons (Fsp3) is 0.316. The summed E-state index contributed by atoms with van der Waals surface area (Å²) in [6.07, 6.45) is 7.14. The van der Waals surface area contributed by atoms with Crippen molar-refractivity contribution < 1.29 is 9.53 Å². The summed E-state index contributed by atoms with van der Waals surface area (Å²) in [4.78, 5) is 16.4. The minimum absolute atomic E-state index is 0.254. The van der Waals surface area contributed by atoms with Crippen LogP contribution >= 0.6 is 0 Å². The van der Waals surface area contributed by atoms with E-state index in [9.17, 15) is 4.79 Å². The molecule has 0 saturated carbocycles. The number of imidazole rings is 1. The number of hydrogen-bond donors (Lipinski definition) is 0. The Hall–Kier alpha value is -3.07. The van der Waals surface area contributed by atoms with Crippen LogP contribution in [0.15, 0.2) is 43.0 Å². The number of carbonyl (C=O) groups is 1. The van der Waals surface area contributed by atoms with Crippen LogP contribution in [0, 0.1) is 11.3 Å². The summed E-state index contributed by atoms with van der Waals surface area (Å²) in [5.41, 5.74) is 2.48. The number of esters is 1. The zero-order valence-electron chi connectivity index (χ0n) is 14.3. The maximum Gasteiger partial charge on any atom is 0.328 e. The van der Waals surface area contributed by atoms with Crippen molar-refractivity contribution in [2.75, 3.05) is 7.11 Å². The van der Waals surface area contributed by atoms with E-state index in [-0.39, 0.29) is 12.0 Å². The number of nitriles is 1. The predicted octanol–water partition coefficient (Wildman–Crippen LogP) is 3.27. The smallest absolute Gasteiger partial charge is 0.328 e. The molecule has 128 valence electrons. The number of ether oxygens (including phenoxy) is 1. The molecule has 0 bridgehead atoms. The van der Waals surface area contributed by atoms with Crippen LogP contribution in [0.5, 0.6) is 0 Å². The predicted molar refractivity (Wildman–Crippen MR) is 93.9 cm³/mol. The quantitative estimate of drug-likeness (QED) is 0.648. The van der Waals surface area contributed by atoms with Crippen LogP contribution in [0.4, 0.5) is 0 Å². The molecule has 6 heteroatoms. The van der Waals surface area contributed by atoms with Gasteiger partial charge in [-0.05, 0) is 30.0 Å². The molecule has 0 aliphatic heterocycles. The molecule has 3 aromatic rings. The van der Waals surface area contributed by atoms with Gasteiger partial charge in [-0.15, -0.1) is 0 Å². The standard InChI is InChI=1S/C19H20N4O2/c1-3-4-17(19(24)25-2)23-12-16(21-13-23)11-22-8-7-15-6-5-14(10-20)9-18(15)22/h5-9,12-13,17H,3-4,11H2,1-2H3. The molecule has 0 aliphatic carbocycles. The Morgan fingerprint density at radius 2 is 2.24 bits per heavy atom. The van der Waals surface area contributed by atoms with Crippen molar-refractivity contribution in [2.45, 2.75) is 32.4 Å². The normalized spacial score (nSPS) is 12.0. The lowest BCUT2D eigenvalue weighted by Gasteiger charge is -2.14. The van der Waals surface area contributed by atoms with Gasteiger partial charge < -0.3 is 13.9 Å². The van der Waals surface area contributed by atoms with E-state index >= 15 is 0 Å². The maximum absolute atomic E-state index is 12.0. The molecule has 1 atom stereocenters. The number of fused-ring (bicyclic) bond motifs is 1. The van der Waals surface area contributed by atoms with E-state index in [4.69, 9.17) is 10.00 Å². The molecule has 25 heavy (non-hydrogen) atoms. The van der Waals surface area contributed by atoms with Crippen LogP contribution < -0.4 is 0 Å². The second-order valence-corrected chi connectivity index (χ2v) is 5.97. The van der Waals surface area contributed by atoms with Gasteiger partial charge in [0.1, 0.15) is 6.04 Å². The summed E-state index contributed by atoms with van der Waals surface area (Å²) in [5.74, 6) is -0.254. The van der Waals surface area contributed by atoms with Crippen LogP contribution in [0.25, 0.3) is 10.9 Å². The first-order chi connectivity index (χ1) is 12.2. The summed E-state index contributed by atoms with van der Waals surface area (Å²) in [7, 11) is 1.40. The van der Waals surface area contributed by atoms with Crippen molar-refractivity contribution in [2.24, 2.45) is 0 Å².